The molecule has 0 aromatic carbocycles. The maximum absolute atomic E-state index is 10.7. The van der Waals surface area contributed by atoms with Gasteiger partial charge in [0.05, 0.1) is 13.7 Å². The van der Waals surface area contributed by atoms with Gasteiger partial charge in [-0.05, 0) is 19.3 Å². The Hall–Kier alpha value is -0.870. The molecule has 1 saturated heterocycles. The molecular formula is C10H16O4. The fourth-order valence-electron chi connectivity index (χ4n) is 1.22. The molecule has 0 aromatic rings. The van der Waals surface area contributed by atoms with Crippen LogP contribution in [0.25, 0.3) is 0 Å². The van der Waals surface area contributed by atoms with Crippen molar-refractivity contribution in [3.63, 3.8) is 0 Å². The number of methoxy groups -OCH3 is 1. The summed E-state index contributed by atoms with van der Waals surface area (Å²) >= 11 is 0. The third-order valence-corrected chi connectivity index (χ3v) is 1.97. The highest BCUT2D eigenvalue weighted by Gasteiger charge is 2.12. The largest absolute Gasteiger partial charge is 0.466 e. The van der Waals surface area contributed by atoms with Crippen LogP contribution in [0.15, 0.2) is 12.2 Å². The van der Waals surface area contributed by atoms with Crippen LogP contribution < -0.4 is 0 Å². The third kappa shape index (κ3) is 4.39. The van der Waals surface area contributed by atoms with Crippen molar-refractivity contribution in [3.8, 4) is 0 Å². The number of ether oxygens (including phenoxy) is 3. The maximum atomic E-state index is 10.7. The second kappa shape index (κ2) is 6.56. The van der Waals surface area contributed by atoms with Crippen LogP contribution in [0.1, 0.15) is 19.3 Å². The van der Waals surface area contributed by atoms with E-state index in [4.69, 9.17) is 9.47 Å². The SMILES string of the molecule is COC(=O)/C=C\COC1CCCCO1. The standard InChI is InChI=1S/C10H16O4/c1-12-9(11)5-4-8-14-10-6-2-3-7-13-10/h4-5,10H,2-3,6-8H2,1H3/b5-4-. The Kier molecular flexibility index (Phi) is 5.25. The summed E-state index contributed by atoms with van der Waals surface area (Å²) in [6.45, 7) is 1.16. The van der Waals surface area contributed by atoms with Gasteiger partial charge in [-0.3, -0.25) is 0 Å². The smallest absolute Gasteiger partial charge is 0.330 e. The van der Waals surface area contributed by atoms with Crippen LogP contribution in [0.2, 0.25) is 0 Å². The molecule has 1 heterocycles. The number of hydrogen-bond donors (Lipinski definition) is 0. The molecular weight excluding hydrogens is 184 g/mol. The molecule has 0 bridgehead atoms. The zero-order valence-electron chi connectivity index (χ0n) is 8.40. The first-order valence-electron chi connectivity index (χ1n) is 4.80. The Balaban J connectivity index is 2.07. The minimum Gasteiger partial charge on any atom is -0.466 e. The Morgan fingerprint density at radius 1 is 1.57 bits per heavy atom. The van der Waals surface area contributed by atoms with Crippen molar-refractivity contribution in [3.05, 3.63) is 12.2 Å². The molecule has 1 atom stereocenters. The van der Waals surface area contributed by atoms with Gasteiger partial charge < -0.3 is 14.2 Å². The van der Waals surface area contributed by atoms with Crippen LogP contribution in [-0.2, 0) is 19.0 Å². The predicted octanol–water partition coefficient (Wildman–Crippen LogP) is 1.26. The van der Waals surface area contributed by atoms with E-state index in [2.05, 4.69) is 4.74 Å². The van der Waals surface area contributed by atoms with Gasteiger partial charge in [0, 0.05) is 12.7 Å². The summed E-state index contributed by atoms with van der Waals surface area (Å²) in [6.07, 6.45) is 6.06. The lowest BCUT2D eigenvalue weighted by Gasteiger charge is -2.21. The zero-order valence-corrected chi connectivity index (χ0v) is 8.40. The van der Waals surface area contributed by atoms with Crippen LogP contribution in [0, 0.1) is 0 Å². The van der Waals surface area contributed by atoms with Gasteiger partial charge in [0.25, 0.3) is 0 Å². The van der Waals surface area contributed by atoms with Gasteiger partial charge in [0.1, 0.15) is 0 Å². The van der Waals surface area contributed by atoms with Crippen LogP contribution in [0.4, 0.5) is 0 Å². The first-order valence-corrected chi connectivity index (χ1v) is 4.80. The van der Waals surface area contributed by atoms with E-state index in [0.29, 0.717) is 6.61 Å². The number of esters is 1. The van der Waals surface area contributed by atoms with Gasteiger partial charge in [-0.1, -0.05) is 6.08 Å². The van der Waals surface area contributed by atoms with E-state index >= 15 is 0 Å². The molecule has 14 heavy (non-hydrogen) atoms. The molecule has 0 saturated carbocycles. The summed E-state index contributed by atoms with van der Waals surface area (Å²) < 4.78 is 15.1. The second-order valence-corrected chi connectivity index (χ2v) is 3.05. The normalized spacial score (nSPS) is 22.5. The number of rotatable bonds is 4. The lowest BCUT2D eigenvalue weighted by atomic mass is 10.2. The highest BCUT2D eigenvalue weighted by molar-refractivity contribution is 5.81. The summed E-state index contributed by atoms with van der Waals surface area (Å²) in [7, 11) is 1.35. The predicted molar refractivity (Wildman–Crippen MR) is 50.7 cm³/mol. The number of carbonyl (C=O) groups excluding carboxylic acids is 1. The Labute approximate surface area is 83.8 Å². The van der Waals surface area contributed by atoms with Gasteiger partial charge in [0.2, 0.25) is 0 Å². The van der Waals surface area contributed by atoms with Crippen molar-refractivity contribution < 1.29 is 19.0 Å². The van der Waals surface area contributed by atoms with Gasteiger partial charge in [0.15, 0.2) is 6.29 Å². The van der Waals surface area contributed by atoms with E-state index in [-0.39, 0.29) is 12.3 Å². The van der Waals surface area contributed by atoms with E-state index in [9.17, 15) is 4.79 Å². The maximum Gasteiger partial charge on any atom is 0.330 e. The quantitative estimate of drug-likeness (QED) is 0.506. The fourth-order valence-corrected chi connectivity index (χ4v) is 1.22. The molecule has 1 fully saturated rings. The fraction of sp³-hybridized carbons (Fsp3) is 0.700. The van der Waals surface area contributed by atoms with Crippen molar-refractivity contribution in [2.75, 3.05) is 20.3 Å². The lowest BCUT2D eigenvalue weighted by Crippen LogP contribution is -2.22. The monoisotopic (exact) mass is 200 g/mol. The van der Waals surface area contributed by atoms with Gasteiger partial charge in [-0.25, -0.2) is 4.79 Å². The summed E-state index contributed by atoms with van der Waals surface area (Å²) in [5, 5.41) is 0. The summed E-state index contributed by atoms with van der Waals surface area (Å²) in [5.74, 6) is -0.363. The minimum absolute atomic E-state index is 0.106. The summed E-state index contributed by atoms with van der Waals surface area (Å²) in [5.41, 5.74) is 0. The Bertz CT molecular complexity index is 194. The van der Waals surface area contributed by atoms with Crippen LogP contribution in [0.5, 0.6) is 0 Å². The molecule has 0 aliphatic carbocycles. The second-order valence-electron chi connectivity index (χ2n) is 3.05. The first-order chi connectivity index (χ1) is 6.83. The van der Waals surface area contributed by atoms with Crippen molar-refractivity contribution in [2.24, 2.45) is 0 Å². The average Bonchev–Trinajstić information content (AvgIpc) is 2.25. The van der Waals surface area contributed by atoms with E-state index in [1.807, 2.05) is 0 Å². The third-order valence-electron chi connectivity index (χ3n) is 1.97. The molecule has 1 aliphatic rings. The average molecular weight is 200 g/mol. The van der Waals surface area contributed by atoms with E-state index in [0.717, 1.165) is 25.9 Å². The molecule has 0 aromatic heterocycles. The highest BCUT2D eigenvalue weighted by Crippen LogP contribution is 2.13. The van der Waals surface area contributed by atoms with Crippen LogP contribution in [0.3, 0.4) is 0 Å². The Morgan fingerprint density at radius 2 is 2.43 bits per heavy atom. The van der Waals surface area contributed by atoms with Crippen molar-refractivity contribution in [2.45, 2.75) is 25.6 Å². The van der Waals surface area contributed by atoms with E-state index in [1.165, 1.54) is 13.2 Å². The first kappa shape index (κ1) is 11.2. The van der Waals surface area contributed by atoms with Crippen LogP contribution in [-0.4, -0.2) is 32.6 Å². The number of hydrogen-bond acceptors (Lipinski definition) is 4. The van der Waals surface area contributed by atoms with Crippen molar-refractivity contribution >= 4 is 5.97 Å². The van der Waals surface area contributed by atoms with Gasteiger partial charge in [-0.15, -0.1) is 0 Å². The van der Waals surface area contributed by atoms with E-state index < -0.39 is 0 Å². The molecule has 1 rings (SSSR count). The zero-order chi connectivity index (χ0) is 10.2. The minimum atomic E-state index is -0.363. The van der Waals surface area contributed by atoms with Gasteiger partial charge in [-0.2, -0.15) is 0 Å². The molecule has 1 unspecified atom stereocenters. The molecule has 4 heteroatoms. The molecule has 1 aliphatic heterocycles. The summed E-state index contributed by atoms with van der Waals surface area (Å²) in [6, 6.07) is 0. The van der Waals surface area contributed by atoms with Crippen molar-refractivity contribution in [1.82, 2.24) is 0 Å². The summed E-state index contributed by atoms with van der Waals surface area (Å²) in [4.78, 5) is 10.7. The molecule has 0 N–H and O–H groups in total. The van der Waals surface area contributed by atoms with E-state index in [1.54, 1.807) is 6.08 Å². The molecule has 0 spiro atoms. The molecule has 0 amide bonds. The molecule has 4 nitrogen and oxygen atoms in total. The highest BCUT2D eigenvalue weighted by atomic mass is 16.7. The molecule has 0 radical (unpaired) electrons. The lowest BCUT2D eigenvalue weighted by molar-refractivity contribution is -0.155. The van der Waals surface area contributed by atoms with Crippen LogP contribution >= 0.6 is 0 Å². The van der Waals surface area contributed by atoms with Gasteiger partial charge >= 0.3 is 5.97 Å². The molecule has 80 valence electrons. The van der Waals surface area contributed by atoms with Crippen molar-refractivity contribution in [1.29, 1.82) is 0 Å². The Morgan fingerprint density at radius 3 is 3.07 bits per heavy atom. The number of carbonyl (C=O) groups is 1. The topological polar surface area (TPSA) is 44.8 Å².